The van der Waals surface area contributed by atoms with Crippen LogP contribution in [0.5, 0.6) is 0 Å². The lowest BCUT2D eigenvalue weighted by atomic mass is 9.95. The van der Waals surface area contributed by atoms with Gasteiger partial charge in [-0.2, -0.15) is 8.62 Å². The molecule has 8 N–H and O–H groups in total. The topological polar surface area (TPSA) is 279 Å². The number of aliphatic hydroxyl groups excluding tert-OH is 1. The average molecular weight is 539 g/mol. The number of halogens is 1. The van der Waals surface area contributed by atoms with Crippen LogP contribution in [0.1, 0.15) is 13.2 Å². The van der Waals surface area contributed by atoms with Gasteiger partial charge in [0.2, 0.25) is 0 Å². The summed E-state index contributed by atoms with van der Waals surface area (Å²) in [5.74, 6) is -3.48. The molecule has 22 heteroatoms. The van der Waals surface area contributed by atoms with Crippen LogP contribution in [-0.2, 0) is 31.6 Å². The minimum absolute atomic E-state index is 0.0305. The molecule has 0 saturated carbocycles. The summed E-state index contributed by atoms with van der Waals surface area (Å²) < 4.78 is 66.4. The SMILES string of the molecule is CC1(O)C(n2cnc3c(N)ncnc32)OC(F)(COP(=O)(O)OP(=O)(O)OP(=O)(O)O)C1O. The lowest BCUT2D eigenvalue weighted by molar-refractivity contribution is -0.203. The van der Waals surface area contributed by atoms with Crippen molar-refractivity contribution in [2.24, 2.45) is 0 Å². The van der Waals surface area contributed by atoms with E-state index >= 15 is 4.39 Å². The number of nitrogens with zero attached hydrogens (tertiary/aromatic N) is 4. The lowest BCUT2D eigenvalue weighted by Gasteiger charge is -2.27. The molecule has 18 nitrogen and oxygen atoms in total. The van der Waals surface area contributed by atoms with Crippen LogP contribution in [-0.4, -0.2) is 73.5 Å². The molecular weight excluding hydrogens is 522 g/mol. The molecule has 1 aliphatic heterocycles. The highest BCUT2D eigenvalue weighted by Gasteiger charge is 2.64. The van der Waals surface area contributed by atoms with Gasteiger partial charge in [0.25, 0.3) is 5.85 Å². The highest BCUT2D eigenvalue weighted by molar-refractivity contribution is 7.66. The van der Waals surface area contributed by atoms with Gasteiger partial charge in [0.1, 0.15) is 30.2 Å². The zero-order valence-corrected chi connectivity index (χ0v) is 18.8. The first-order valence-corrected chi connectivity index (χ1v) is 12.9. The number of nitrogens with two attached hydrogens (primary N) is 1. The quantitative estimate of drug-likeness (QED) is 0.199. The maximum absolute atomic E-state index is 15.3. The van der Waals surface area contributed by atoms with Gasteiger partial charge in [-0.15, -0.1) is 0 Å². The minimum Gasteiger partial charge on any atom is -0.384 e. The fourth-order valence-corrected chi connectivity index (χ4v) is 5.94. The number of fused-ring (bicyclic) bond motifs is 1. The molecule has 6 unspecified atom stereocenters. The zero-order chi connectivity index (χ0) is 25.0. The Bertz CT molecular complexity index is 1200. The van der Waals surface area contributed by atoms with Crippen LogP contribution in [0.15, 0.2) is 12.7 Å². The van der Waals surface area contributed by atoms with Crippen molar-refractivity contribution in [3.8, 4) is 0 Å². The number of alkyl halides is 1. The number of phosphoric ester groups is 1. The molecule has 1 fully saturated rings. The molecule has 1 saturated heterocycles. The summed E-state index contributed by atoms with van der Waals surface area (Å²) in [4.78, 5) is 47.1. The fourth-order valence-electron chi connectivity index (χ4n) is 2.91. The van der Waals surface area contributed by atoms with Crippen molar-refractivity contribution in [2.75, 3.05) is 12.3 Å². The van der Waals surface area contributed by atoms with Gasteiger partial charge in [-0.1, -0.05) is 0 Å². The molecular formula is C11H17FN5O13P3. The van der Waals surface area contributed by atoms with Crippen molar-refractivity contribution in [3.05, 3.63) is 12.7 Å². The van der Waals surface area contributed by atoms with Crippen molar-refractivity contribution in [1.82, 2.24) is 19.5 Å². The Morgan fingerprint density at radius 1 is 1.18 bits per heavy atom. The predicted molar refractivity (Wildman–Crippen MR) is 100 cm³/mol. The molecule has 2 aromatic heterocycles. The molecule has 1 aliphatic rings. The summed E-state index contributed by atoms with van der Waals surface area (Å²) in [6, 6.07) is 0. The molecule has 0 radical (unpaired) electrons. The van der Waals surface area contributed by atoms with E-state index in [1.165, 1.54) is 0 Å². The third-order valence-electron chi connectivity index (χ3n) is 4.25. The van der Waals surface area contributed by atoms with E-state index in [0.717, 1.165) is 24.1 Å². The van der Waals surface area contributed by atoms with E-state index < -0.39 is 53.9 Å². The monoisotopic (exact) mass is 539 g/mol. The predicted octanol–water partition coefficient (Wildman–Crippen LogP) is -0.942. The molecule has 2 aromatic rings. The van der Waals surface area contributed by atoms with Gasteiger partial charge in [0.15, 0.2) is 17.7 Å². The van der Waals surface area contributed by atoms with Crippen LogP contribution in [0.3, 0.4) is 0 Å². The maximum Gasteiger partial charge on any atom is 0.490 e. The molecule has 0 bridgehead atoms. The summed E-state index contributed by atoms with van der Waals surface area (Å²) in [7, 11) is -17.2. The van der Waals surface area contributed by atoms with Gasteiger partial charge in [-0.3, -0.25) is 9.09 Å². The van der Waals surface area contributed by atoms with E-state index in [2.05, 4.69) is 28.1 Å². The summed E-state index contributed by atoms with van der Waals surface area (Å²) >= 11 is 0. The zero-order valence-electron chi connectivity index (χ0n) is 16.1. The number of nitrogen functional groups attached to an aromatic ring is 1. The molecule has 186 valence electrons. The van der Waals surface area contributed by atoms with Gasteiger partial charge in [0, 0.05) is 0 Å². The van der Waals surface area contributed by atoms with E-state index in [1.54, 1.807) is 0 Å². The van der Waals surface area contributed by atoms with Gasteiger partial charge in [-0.05, 0) is 6.92 Å². The first kappa shape index (κ1) is 26.2. The Labute approximate surface area is 182 Å². The Morgan fingerprint density at radius 3 is 2.42 bits per heavy atom. The summed E-state index contributed by atoms with van der Waals surface area (Å²) in [5, 5.41) is 20.9. The van der Waals surface area contributed by atoms with Crippen molar-refractivity contribution < 1.29 is 65.8 Å². The second-order valence-electron chi connectivity index (χ2n) is 6.83. The number of aromatic nitrogens is 4. The summed E-state index contributed by atoms with van der Waals surface area (Å²) in [6.45, 7) is -0.723. The van der Waals surface area contributed by atoms with Crippen molar-refractivity contribution in [3.63, 3.8) is 0 Å². The third-order valence-corrected chi connectivity index (χ3v) is 8.03. The molecule has 0 amide bonds. The van der Waals surface area contributed by atoms with Crippen LogP contribution in [0.25, 0.3) is 11.2 Å². The lowest BCUT2D eigenvalue weighted by Crippen LogP contribution is -2.49. The second kappa shape index (κ2) is 8.35. The third kappa shape index (κ3) is 5.47. The summed E-state index contributed by atoms with van der Waals surface area (Å²) in [5.41, 5.74) is 3.24. The molecule has 33 heavy (non-hydrogen) atoms. The standard InChI is InChI=1S/C11H17FN5O13P3/c1-10(19)8(18)11(12,2-27-32(23,24)30-33(25,26)29-31(20,21)22)28-9(10)17-4-16-5-6(13)14-3-15-7(5)17/h3-4,8-9,18-19H,2H2,1H3,(H,23,24)(H,25,26)(H2,13,14,15)(H2,20,21,22). The Kier molecular flexibility index (Phi) is 6.63. The van der Waals surface area contributed by atoms with E-state index in [4.69, 9.17) is 25.2 Å². The van der Waals surface area contributed by atoms with Gasteiger partial charge in [0.05, 0.1) is 6.33 Å². The van der Waals surface area contributed by atoms with E-state index in [-0.39, 0.29) is 17.0 Å². The number of hydrogen-bond donors (Lipinski definition) is 7. The average Bonchev–Trinajstić information content (AvgIpc) is 3.12. The summed E-state index contributed by atoms with van der Waals surface area (Å²) in [6.07, 6.45) is -2.12. The van der Waals surface area contributed by atoms with Crippen LogP contribution < -0.4 is 5.73 Å². The van der Waals surface area contributed by atoms with Crippen molar-refractivity contribution in [1.29, 1.82) is 0 Å². The van der Waals surface area contributed by atoms with Crippen LogP contribution in [0.2, 0.25) is 0 Å². The number of rotatable bonds is 8. The Balaban J connectivity index is 1.81. The molecule has 0 aromatic carbocycles. The molecule has 0 spiro atoms. The van der Waals surface area contributed by atoms with Crippen LogP contribution >= 0.6 is 23.5 Å². The van der Waals surface area contributed by atoms with Gasteiger partial charge >= 0.3 is 23.5 Å². The van der Waals surface area contributed by atoms with Crippen LogP contribution in [0.4, 0.5) is 10.2 Å². The van der Waals surface area contributed by atoms with E-state index in [9.17, 15) is 28.8 Å². The van der Waals surface area contributed by atoms with E-state index in [1.807, 2.05) is 0 Å². The highest BCUT2D eigenvalue weighted by Crippen LogP contribution is 2.66. The molecule has 0 aliphatic carbocycles. The first-order valence-electron chi connectivity index (χ1n) is 8.35. The van der Waals surface area contributed by atoms with Gasteiger partial charge in [-0.25, -0.2) is 33.0 Å². The Morgan fingerprint density at radius 2 is 1.82 bits per heavy atom. The normalized spacial score (nSPS) is 32.0. The Hall–Kier alpha value is -1.43. The number of hydrogen-bond acceptors (Lipinski definition) is 13. The van der Waals surface area contributed by atoms with Gasteiger partial charge < -0.3 is 40.3 Å². The first-order chi connectivity index (χ1) is 14.9. The number of imidazole rings is 1. The molecule has 3 rings (SSSR count). The number of ether oxygens (including phenoxy) is 1. The maximum atomic E-state index is 15.3. The number of aliphatic hydroxyl groups is 2. The second-order valence-corrected chi connectivity index (χ2v) is 11.3. The number of phosphoric acid groups is 3. The smallest absolute Gasteiger partial charge is 0.384 e. The van der Waals surface area contributed by atoms with Crippen LogP contribution in [0, 0.1) is 0 Å². The molecule has 6 atom stereocenters. The number of anilines is 1. The fraction of sp³-hybridized carbons (Fsp3) is 0.545. The van der Waals surface area contributed by atoms with E-state index in [0.29, 0.717) is 0 Å². The largest absolute Gasteiger partial charge is 0.490 e. The minimum atomic E-state index is -5.86. The van der Waals surface area contributed by atoms with Crippen molar-refractivity contribution in [2.45, 2.75) is 30.7 Å². The molecule has 3 heterocycles. The highest BCUT2D eigenvalue weighted by atomic mass is 31.3. The van der Waals surface area contributed by atoms with Crippen molar-refractivity contribution >= 4 is 40.4 Å².